The molecule has 1 aromatic heterocycles. The number of fused-ring (bicyclic) bond motifs is 1. The van der Waals surface area contributed by atoms with Gasteiger partial charge in [0.05, 0.1) is 16.2 Å². The molecule has 5 nitrogen and oxygen atoms in total. The van der Waals surface area contributed by atoms with Gasteiger partial charge in [-0.2, -0.15) is 0 Å². The summed E-state index contributed by atoms with van der Waals surface area (Å²) in [6.07, 6.45) is 3.92. The van der Waals surface area contributed by atoms with Gasteiger partial charge in [-0.1, -0.05) is 78.6 Å². The molecule has 1 aliphatic heterocycles. The van der Waals surface area contributed by atoms with E-state index in [9.17, 15) is 14.7 Å². The Kier molecular flexibility index (Phi) is 5.58. The zero-order chi connectivity index (χ0) is 22.9. The molecule has 2 heterocycles. The van der Waals surface area contributed by atoms with Crippen LogP contribution in [0, 0.1) is 0 Å². The standard InChI is InChI=1S/C26H18N2O3S2/c29-24-23(33-26(32)28(24)20-10-6-9-18(13-20)25(30)31)14-19-16-27(15-17-7-2-1-3-8-17)22-12-5-4-11-21(19)22/h1-14,16H,15H2,(H,30,31). The minimum Gasteiger partial charge on any atom is -0.478 e. The number of carboxylic acids is 1. The highest BCUT2D eigenvalue weighted by Crippen LogP contribution is 2.37. The lowest BCUT2D eigenvalue weighted by Crippen LogP contribution is -2.27. The molecule has 3 aromatic carbocycles. The molecule has 0 atom stereocenters. The number of rotatable bonds is 5. The molecule has 1 saturated heterocycles. The number of benzene rings is 3. The van der Waals surface area contributed by atoms with Gasteiger partial charge in [0.2, 0.25) is 0 Å². The van der Waals surface area contributed by atoms with Crippen LogP contribution in [0.2, 0.25) is 0 Å². The van der Waals surface area contributed by atoms with Crippen molar-refractivity contribution in [1.29, 1.82) is 0 Å². The van der Waals surface area contributed by atoms with Gasteiger partial charge in [0.1, 0.15) is 0 Å². The van der Waals surface area contributed by atoms with Crippen LogP contribution in [0.3, 0.4) is 0 Å². The molecule has 1 amide bonds. The van der Waals surface area contributed by atoms with Crippen molar-refractivity contribution in [3.05, 3.63) is 107 Å². The van der Waals surface area contributed by atoms with E-state index in [0.717, 1.165) is 23.0 Å². The first-order chi connectivity index (χ1) is 16.0. The van der Waals surface area contributed by atoms with Gasteiger partial charge in [-0.15, -0.1) is 0 Å². The van der Waals surface area contributed by atoms with E-state index in [2.05, 4.69) is 29.0 Å². The summed E-state index contributed by atoms with van der Waals surface area (Å²) in [5.74, 6) is -1.31. The molecule has 0 aliphatic carbocycles. The smallest absolute Gasteiger partial charge is 0.335 e. The van der Waals surface area contributed by atoms with Crippen LogP contribution in [0.1, 0.15) is 21.5 Å². The minimum atomic E-state index is -1.05. The van der Waals surface area contributed by atoms with Gasteiger partial charge in [-0.3, -0.25) is 9.69 Å². The van der Waals surface area contributed by atoms with Gasteiger partial charge in [-0.25, -0.2) is 4.79 Å². The van der Waals surface area contributed by atoms with Gasteiger partial charge in [0.25, 0.3) is 5.91 Å². The summed E-state index contributed by atoms with van der Waals surface area (Å²) < 4.78 is 2.55. The first-order valence-corrected chi connectivity index (χ1v) is 11.5. The van der Waals surface area contributed by atoms with Crippen molar-refractivity contribution in [2.24, 2.45) is 0 Å². The number of aromatic carboxylic acids is 1. The van der Waals surface area contributed by atoms with Crippen LogP contribution in [0.25, 0.3) is 17.0 Å². The van der Waals surface area contributed by atoms with Crippen molar-refractivity contribution in [1.82, 2.24) is 4.57 Å². The van der Waals surface area contributed by atoms with Crippen molar-refractivity contribution in [3.63, 3.8) is 0 Å². The van der Waals surface area contributed by atoms with E-state index in [-0.39, 0.29) is 11.5 Å². The predicted molar refractivity (Wildman–Crippen MR) is 137 cm³/mol. The molecule has 1 fully saturated rings. The van der Waals surface area contributed by atoms with Crippen molar-refractivity contribution < 1.29 is 14.7 Å². The Morgan fingerprint density at radius 1 is 1.00 bits per heavy atom. The number of para-hydroxylation sites is 1. The third-order valence-electron chi connectivity index (χ3n) is 5.45. The van der Waals surface area contributed by atoms with Crippen LogP contribution in [-0.2, 0) is 11.3 Å². The maximum atomic E-state index is 13.2. The summed E-state index contributed by atoms with van der Waals surface area (Å²) in [6.45, 7) is 0.720. The average molecular weight is 471 g/mol. The van der Waals surface area contributed by atoms with E-state index in [1.165, 1.54) is 34.4 Å². The molecule has 1 N–H and O–H groups in total. The Morgan fingerprint density at radius 2 is 1.76 bits per heavy atom. The molecule has 0 unspecified atom stereocenters. The Morgan fingerprint density at radius 3 is 2.55 bits per heavy atom. The van der Waals surface area contributed by atoms with Gasteiger partial charge in [-0.05, 0) is 35.9 Å². The molecular formula is C26H18N2O3S2. The van der Waals surface area contributed by atoms with Crippen LogP contribution in [-0.4, -0.2) is 25.9 Å². The fraction of sp³-hybridized carbons (Fsp3) is 0.0385. The normalized spacial score (nSPS) is 15.0. The number of carbonyl (C=O) groups excluding carboxylic acids is 1. The lowest BCUT2D eigenvalue weighted by atomic mass is 10.1. The second-order valence-corrected chi connectivity index (χ2v) is 9.26. The summed E-state index contributed by atoms with van der Waals surface area (Å²) in [4.78, 5) is 26.5. The average Bonchev–Trinajstić information content (AvgIpc) is 3.31. The van der Waals surface area contributed by atoms with E-state index < -0.39 is 5.97 Å². The van der Waals surface area contributed by atoms with Crippen molar-refractivity contribution in [2.75, 3.05) is 4.90 Å². The summed E-state index contributed by atoms with van der Waals surface area (Å²) in [5.41, 5.74) is 3.76. The van der Waals surface area contributed by atoms with E-state index >= 15 is 0 Å². The first kappa shape index (κ1) is 21.2. The number of hydrogen-bond acceptors (Lipinski definition) is 4. The maximum Gasteiger partial charge on any atom is 0.335 e. The Hall–Kier alpha value is -3.68. The lowest BCUT2D eigenvalue weighted by molar-refractivity contribution is -0.113. The second kappa shape index (κ2) is 8.69. The number of thioether (sulfide) groups is 1. The van der Waals surface area contributed by atoms with Crippen LogP contribution >= 0.6 is 24.0 Å². The Bertz CT molecular complexity index is 1440. The number of amides is 1. The van der Waals surface area contributed by atoms with Crippen LogP contribution in [0.5, 0.6) is 0 Å². The highest BCUT2D eigenvalue weighted by molar-refractivity contribution is 8.27. The molecule has 1 aliphatic rings. The summed E-state index contributed by atoms with van der Waals surface area (Å²) >= 11 is 6.68. The third kappa shape index (κ3) is 4.08. The van der Waals surface area contributed by atoms with E-state index in [0.29, 0.717) is 14.9 Å². The maximum absolute atomic E-state index is 13.2. The topological polar surface area (TPSA) is 62.5 Å². The highest BCUT2D eigenvalue weighted by atomic mass is 32.2. The zero-order valence-electron chi connectivity index (χ0n) is 17.3. The van der Waals surface area contributed by atoms with Crippen LogP contribution in [0.4, 0.5) is 5.69 Å². The van der Waals surface area contributed by atoms with Gasteiger partial charge >= 0.3 is 5.97 Å². The molecule has 7 heteroatoms. The van der Waals surface area contributed by atoms with E-state index in [1.54, 1.807) is 12.1 Å². The molecule has 0 saturated carbocycles. The van der Waals surface area contributed by atoms with Gasteiger partial charge in [0.15, 0.2) is 4.32 Å². The molecule has 0 radical (unpaired) electrons. The van der Waals surface area contributed by atoms with E-state index in [1.807, 2.05) is 42.5 Å². The third-order valence-corrected chi connectivity index (χ3v) is 6.75. The molecular weight excluding hydrogens is 452 g/mol. The molecule has 5 rings (SSSR count). The highest BCUT2D eigenvalue weighted by Gasteiger charge is 2.33. The fourth-order valence-corrected chi connectivity index (χ4v) is 5.20. The summed E-state index contributed by atoms with van der Waals surface area (Å²) in [7, 11) is 0. The van der Waals surface area contributed by atoms with Gasteiger partial charge in [0, 0.05) is 29.2 Å². The number of carboxylic acid groups (broad SMARTS) is 1. The largest absolute Gasteiger partial charge is 0.478 e. The monoisotopic (exact) mass is 470 g/mol. The molecule has 0 spiro atoms. The SMILES string of the molecule is O=C(O)c1cccc(N2C(=O)C(=Cc3cn(Cc4ccccc4)c4ccccc34)SC2=S)c1. The van der Waals surface area contributed by atoms with Crippen LogP contribution < -0.4 is 4.90 Å². The Balaban J connectivity index is 1.51. The number of aromatic nitrogens is 1. The molecule has 4 aromatic rings. The lowest BCUT2D eigenvalue weighted by Gasteiger charge is -2.14. The number of thiocarbonyl (C=S) groups is 1. The number of anilines is 1. The molecule has 0 bridgehead atoms. The minimum absolute atomic E-state index is 0.106. The number of carbonyl (C=O) groups is 2. The van der Waals surface area contributed by atoms with Crippen molar-refractivity contribution in [3.8, 4) is 0 Å². The fourth-order valence-electron chi connectivity index (χ4n) is 3.91. The molecule has 162 valence electrons. The quantitative estimate of drug-likeness (QED) is 0.295. The van der Waals surface area contributed by atoms with Crippen molar-refractivity contribution >= 4 is 62.8 Å². The second-order valence-electron chi connectivity index (χ2n) is 7.59. The number of hydrogen-bond donors (Lipinski definition) is 1. The summed E-state index contributed by atoms with van der Waals surface area (Å²) in [5, 5.41) is 10.3. The van der Waals surface area contributed by atoms with E-state index in [4.69, 9.17) is 12.2 Å². The first-order valence-electron chi connectivity index (χ1n) is 10.2. The molecule has 33 heavy (non-hydrogen) atoms. The van der Waals surface area contributed by atoms with Gasteiger partial charge < -0.3 is 9.67 Å². The summed E-state index contributed by atoms with van der Waals surface area (Å²) in [6, 6.07) is 24.5. The van der Waals surface area contributed by atoms with Crippen molar-refractivity contribution in [2.45, 2.75) is 6.54 Å². The predicted octanol–water partition coefficient (Wildman–Crippen LogP) is 5.79. The Labute approximate surface area is 199 Å². The number of nitrogens with zero attached hydrogens (tertiary/aromatic N) is 2. The zero-order valence-corrected chi connectivity index (χ0v) is 19.0. The van der Waals surface area contributed by atoms with Crippen LogP contribution in [0.15, 0.2) is 90.0 Å².